The summed E-state index contributed by atoms with van der Waals surface area (Å²) in [4.78, 5) is 13.0. The number of epoxide rings is 1. The van der Waals surface area contributed by atoms with Gasteiger partial charge in [-0.25, -0.2) is 0 Å². The Bertz CT molecular complexity index is 1370. The van der Waals surface area contributed by atoms with Crippen LogP contribution in [0.15, 0.2) is 6.07 Å². The zero-order valence-electron chi connectivity index (χ0n) is 21.2. The van der Waals surface area contributed by atoms with Crippen LogP contribution in [0.5, 0.6) is 17.2 Å². The Morgan fingerprint density at radius 3 is 2.62 bits per heavy atom. The smallest absolute Gasteiger partial charge is 0.250 e. The summed E-state index contributed by atoms with van der Waals surface area (Å²) in [7, 11) is 3.23. The predicted molar refractivity (Wildman–Crippen MR) is 128 cm³/mol. The number of aromatic hydroxyl groups is 1. The number of fused-ring (bicyclic) bond motifs is 8. The molecule has 4 aliphatic heterocycles. The van der Waals surface area contributed by atoms with Crippen LogP contribution in [0.25, 0.3) is 10.8 Å². The average Bonchev–Trinajstić information content (AvgIpc) is 3.56. The van der Waals surface area contributed by atoms with Crippen molar-refractivity contribution < 1.29 is 43.1 Å². The number of carbonyl (C=O) groups excluding carboxylic acids is 1. The molecule has 196 valence electrons. The zero-order chi connectivity index (χ0) is 25.3. The minimum Gasteiger partial charge on any atom is -0.506 e. The van der Waals surface area contributed by atoms with Gasteiger partial charge in [-0.2, -0.15) is 0 Å². The number of hydrogen-bond acceptors (Lipinski definition) is 9. The number of rotatable bonds is 3. The normalized spacial score (nSPS) is 37.5. The summed E-state index contributed by atoms with van der Waals surface area (Å²) in [5.74, 6) is -0.405. The Kier molecular flexibility index (Phi) is 4.36. The molecule has 0 amide bonds. The number of phenols is 1. The number of ether oxygens (including phenoxy) is 7. The van der Waals surface area contributed by atoms with E-state index in [2.05, 4.69) is 0 Å². The number of hydrogen-bond donors (Lipinski definition) is 1. The second-order valence-corrected chi connectivity index (χ2v) is 11.1. The van der Waals surface area contributed by atoms with E-state index in [0.29, 0.717) is 66.9 Å². The molecule has 3 saturated heterocycles. The van der Waals surface area contributed by atoms with E-state index in [1.165, 1.54) is 0 Å². The van der Waals surface area contributed by atoms with Crippen LogP contribution >= 0.6 is 0 Å². The van der Waals surface area contributed by atoms with Gasteiger partial charge in [-0.15, -0.1) is 0 Å². The molecule has 0 aromatic heterocycles. The largest absolute Gasteiger partial charge is 0.506 e. The summed E-state index contributed by atoms with van der Waals surface area (Å²) in [5.41, 5.74) is 1.11. The van der Waals surface area contributed by atoms with Crippen molar-refractivity contribution in [2.75, 3.05) is 34.0 Å². The number of carbonyl (C=O) groups is 1. The van der Waals surface area contributed by atoms with Gasteiger partial charge >= 0.3 is 0 Å². The molecule has 0 radical (unpaired) electrons. The highest BCUT2D eigenvalue weighted by atomic mass is 16.8. The molecule has 2 aliphatic carbocycles. The summed E-state index contributed by atoms with van der Waals surface area (Å²) >= 11 is 0. The topological polar surface area (TPSA) is 105 Å². The predicted octanol–water partition coefficient (Wildman–Crippen LogP) is 3.48. The second kappa shape index (κ2) is 7.15. The highest BCUT2D eigenvalue weighted by Gasteiger charge is 2.91. The van der Waals surface area contributed by atoms with Gasteiger partial charge in [0.2, 0.25) is 0 Å². The van der Waals surface area contributed by atoms with E-state index in [9.17, 15) is 9.90 Å². The maximum atomic E-state index is 13.0. The summed E-state index contributed by atoms with van der Waals surface area (Å²) < 4.78 is 44.3. The lowest BCUT2D eigenvalue weighted by Gasteiger charge is -2.52. The van der Waals surface area contributed by atoms with Crippen molar-refractivity contribution in [3.05, 3.63) is 28.3 Å². The first-order valence-electron chi connectivity index (χ1n) is 13.1. The third kappa shape index (κ3) is 2.38. The van der Waals surface area contributed by atoms with Crippen molar-refractivity contribution in [1.29, 1.82) is 0 Å². The van der Waals surface area contributed by atoms with Gasteiger partial charge in [0, 0.05) is 30.0 Å². The van der Waals surface area contributed by atoms with E-state index in [-0.39, 0.29) is 23.6 Å². The van der Waals surface area contributed by atoms with E-state index in [1.54, 1.807) is 14.2 Å². The monoisotopic (exact) mass is 510 g/mol. The molecule has 8 rings (SSSR count). The number of phenolic OH excluding ortho intramolecular Hbond substituents is 1. The van der Waals surface area contributed by atoms with Gasteiger partial charge in [-0.1, -0.05) is 0 Å². The van der Waals surface area contributed by atoms with Crippen LogP contribution in [-0.4, -0.2) is 68.2 Å². The average molecular weight is 511 g/mol. The van der Waals surface area contributed by atoms with Gasteiger partial charge in [-0.05, 0) is 44.2 Å². The standard InChI is InChI=1S/C28H30O9/c1-13-10-15-20(21(30)19-14(22(15)31-2)6-4-7-17(19)29)24-18(13)23-16-11-26(36-23,25-33-8-5-9-34-25)27(12-35-27)28(16,32-3)37-24/h10,16,23,25,30H,4-9,11-12H2,1-3H3/t16-,23+,26+,27+,28+/m0/s1. The molecule has 1 saturated carbocycles. The summed E-state index contributed by atoms with van der Waals surface area (Å²) in [6, 6.07) is 2.01. The molecule has 9 nitrogen and oxygen atoms in total. The minimum absolute atomic E-state index is 0.0650. The third-order valence-electron chi connectivity index (χ3n) is 9.58. The lowest BCUT2D eigenvalue weighted by molar-refractivity contribution is -0.349. The molecule has 2 bridgehead atoms. The van der Waals surface area contributed by atoms with E-state index in [0.717, 1.165) is 29.5 Å². The first kappa shape index (κ1) is 22.5. The van der Waals surface area contributed by atoms with Crippen molar-refractivity contribution in [1.82, 2.24) is 0 Å². The zero-order valence-corrected chi connectivity index (χ0v) is 21.2. The number of ketones is 1. The minimum atomic E-state index is -1.16. The summed E-state index contributed by atoms with van der Waals surface area (Å²) in [6.07, 6.45) is 2.25. The molecule has 37 heavy (non-hydrogen) atoms. The van der Waals surface area contributed by atoms with Gasteiger partial charge in [0.15, 0.2) is 23.3 Å². The molecule has 1 spiro atoms. The Morgan fingerprint density at radius 1 is 1.14 bits per heavy atom. The molecule has 4 fully saturated rings. The lowest BCUT2D eigenvalue weighted by atomic mass is 9.78. The molecular weight excluding hydrogens is 480 g/mol. The maximum absolute atomic E-state index is 13.0. The number of aryl methyl sites for hydroxylation is 1. The summed E-state index contributed by atoms with van der Waals surface area (Å²) in [6.45, 7) is 3.58. The van der Waals surface area contributed by atoms with E-state index in [4.69, 9.17) is 33.2 Å². The van der Waals surface area contributed by atoms with Crippen LogP contribution in [0.4, 0.5) is 0 Å². The number of Topliss-reactive ketones (excluding diaryl/α,β-unsaturated/α-hetero) is 1. The van der Waals surface area contributed by atoms with Crippen molar-refractivity contribution in [3.8, 4) is 17.2 Å². The highest BCUT2D eigenvalue weighted by molar-refractivity contribution is 6.11. The fourth-order valence-electron chi connectivity index (χ4n) is 8.07. The van der Waals surface area contributed by atoms with E-state index < -0.39 is 23.3 Å². The van der Waals surface area contributed by atoms with Crippen LogP contribution in [0.3, 0.4) is 0 Å². The van der Waals surface area contributed by atoms with Gasteiger partial charge in [-0.3, -0.25) is 4.79 Å². The number of benzene rings is 2. The lowest BCUT2D eigenvalue weighted by Crippen LogP contribution is -2.69. The molecular formula is C28H30O9. The molecule has 6 aliphatic rings. The fourth-order valence-corrected chi connectivity index (χ4v) is 8.07. The fraction of sp³-hybridized carbons (Fsp3) is 0.607. The SMILES string of the molecule is COc1c2c(c(O)c3c4c(c(C)cc13)[C@@H]1O[C@@]3(C5OCCCO5)C[C@@H]1[C@@](OC)(O4)[C@@]31CO1)C(=O)CCC2. The van der Waals surface area contributed by atoms with Crippen molar-refractivity contribution in [3.63, 3.8) is 0 Å². The van der Waals surface area contributed by atoms with Gasteiger partial charge in [0.1, 0.15) is 17.2 Å². The van der Waals surface area contributed by atoms with E-state index >= 15 is 0 Å². The molecule has 0 unspecified atom stereocenters. The molecule has 1 N–H and O–H groups in total. The second-order valence-electron chi connectivity index (χ2n) is 11.1. The van der Waals surface area contributed by atoms with Crippen LogP contribution in [-0.2, 0) is 30.1 Å². The Hall–Kier alpha value is -2.43. The van der Waals surface area contributed by atoms with Crippen molar-refractivity contribution in [2.45, 2.75) is 68.4 Å². The van der Waals surface area contributed by atoms with E-state index in [1.807, 2.05) is 13.0 Å². The van der Waals surface area contributed by atoms with Gasteiger partial charge in [0.05, 0.1) is 49.9 Å². The highest BCUT2D eigenvalue weighted by Crippen LogP contribution is 2.75. The first-order valence-corrected chi connectivity index (χ1v) is 13.1. The number of methoxy groups -OCH3 is 2. The molecule has 2 aromatic rings. The Balaban J connectivity index is 1.40. The molecule has 9 heteroatoms. The van der Waals surface area contributed by atoms with Crippen LogP contribution in [0.1, 0.15) is 58.8 Å². The maximum Gasteiger partial charge on any atom is 0.250 e. The summed E-state index contributed by atoms with van der Waals surface area (Å²) in [5, 5.41) is 12.8. The van der Waals surface area contributed by atoms with Crippen LogP contribution in [0.2, 0.25) is 0 Å². The first-order chi connectivity index (χ1) is 17.9. The van der Waals surface area contributed by atoms with Crippen molar-refractivity contribution in [2.24, 2.45) is 5.92 Å². The third-order valence-corrected chi connectivity index (χ3v) is 9.58. The van der Waals surface area contributed by atoms with Gasteiger partial charge < -0.3 is 38.3 Å². The van der Waals surface area contributed by atoms with Crippen molar-refractivity contribution >= 4 is 16.6 Å². The molecule has 4 heterocycles. The molecule has 2 aromatic carbocycles. The van der Waals surface area contributed by atoms with Crippen LogP contribution < -0.4 is 9.47 Å². The molecule has 5 atom stereocenters. The van der Waals surface area contributed by atoms with Gasteiger partial charge in [0.25, 0.3) is 5.79 Å². The Morgan fingerprint density at radius 2 is 1.92 bits per heavy atom. The van der Waals surface area contributed by atoms with Crippen LogP contribution in [0, 0.1) is 12.8 Å². The Labute approximate surface area is 213 Å². The quantitative estimate of drug-likeness (QED) is 0.622.